The Labute approximate surface area is 125 Å². The Morgan fingerprint density at radius 1 is 1.14 bits per heavy atom. The smallest absolute Gasteiger partial charge is 0.343 e. The number of aromatic nitrogens is 5. The van der Waals surface area contributed by atoms with Crippen molar-refractivity contribution in [3.8, 4) is 22.6 Å². The van der Waals surface area contributed by atoms with Crippen molar-refractivity contribution in [1.82, 2.24) is 24.7 Å². The van der Waals surface area contributed by atoms with Crippen molar-refractivity contribution in [3.05, 3.63) is 59.3 Å². The summed E-state index contributed by atoms with van der Waals surface area (Å²) in [4.78, 5) is 19.0. The number of nitrogens with zero attached hydrogens (tertiary/aromatic N) is 3. The van der Waals surface area contributed by atoms with Gasteiger partial charge in [-0.05, 0) is 36.4 Å². The van der Waals surface area contributed by atoms with Crippen LogP contribution >= 0.6 is 0 Å². The lowest BCUT2D eigenvalue weighted by atomic mass is 10.1. The maximum absolute atomic E-state index is 11.5. The fourth-order valence-electron chi connectivity index (χ4n) is 2.55. The molecule has 1 aromatic carbocycles. The number of hydrogen-bond donors (Lipinski definition) is 2. The van der Waals surface area contributed by atoms with Crippen LogP contribution < -0.4 is 5.69 Å². The van der Waals surface area contributed by atoms with E-state index in [1.165, 1.54) is 4.57 Å². The Morgan fingerprint density at radius 3 is 2.77 bits per heavy atom. The first-order chi connectivity index (χ1) is 10.7. The van der Waals surface area contributed by atoms with Crippen LogP contribution in [0.1, 0.15) is 0 Å². The van der Waals surface area contributed by atoms with Gasteiger partial charge < -0.3 is 4.98 Å². The zero-order valence-electron chi connectivity index (χ0n) is 11.9. The lowest BCUT2D eigenvalue weighted by Gasteiger charge is -1.99. The molecule has 0 aliphatic carbocycles. The number of rotatable bonds is 2. The number of aromatic amines is 2. The number of fused-ring (bicyclic) bond motifs is 1. The maximum atomic E-state index is 11.5. The van der Waals surface area contributed by atoms with Crippen LogP contribution in [0.5, 0.6) is 0 Å². The standard InChI is InChI=1S/C16H13N5O/c1-21-15(19-20-16(21)22)10-4-5-13-12(7-10)8-14(18-13)11-3-2-6-17-9-11/h2-9,18H,1H3,(H,20,22). The van der Waals surface area contributed by atoms with Gasteiger partial charge in [-0.15, -0.1) is 0 Å². The topological polar surface area (TPSA) is 79.4 Å². The molecule has 0 aliphatic rings. The summed E-state index contributed by atoms with van der Waals surface area (Å²) in [6, 6.07) is 11.9. The molecular weight excluding hydrogens is 278 g/mol. The molecule has 4 aromatic rings. The van der Waals surface area contributed by atoms with Gasteiger partial charge in [-0.1, -0.05) is 0 Å². The van der Waals surface area contributed by atoms with Gasteiger partial charge in [0.15, 0.2) is 5.82 Å². The van der Waals surface area contributed by atoms with Gasteiger partial charge in [0.1, 0.15) is 0 Å². The number of pyridine rings is 1. The summed E-state index contributed by atoms with van der Waals surface area (Å²) < 4.78 is 1.50. The Balaban J connectivity index is 1.85. The van der Waals surface area contributed by atoms with Gasteiger partial charge in [-0.3, -0.25) is 9.55 Å². The molecule has 108 valence electrons. The fourth-order valence-corrected chi connectivity index (χ4v) is 2.55. The van der Waals surface area contributed by atoms with Crippen LogP contribution in [0.3, 0.4) is 0 Å². The largest absolute Gasteiger partial charge is 0.354 e. The molecule has 0 aliphatic heterocycles. The lowest BCUT2D eigenvalue weighted by molar-refractivity contribution is 0.869. The average Bonchev–Trinajstić information content (AvgIpc) is 3.12. The second kappa shape index (κ2) is 4.70. The molecule has 0 spiro atoms. The van der Waals surface area contributed by atoms with Crippen LogP contribution in [-0.4, -0.2) is 24.7 Å². The van der Waals surface area contributed by atoms with Crippen LogP contribution in [0.4, 0.5) is 0 Å². The van der Waals surface area contributed by atoms with E-state index in [1.54, 1.807) is 13.2 Å². The van der Waals surface area contributed by atoms with Gasteiger partial charge in [-0.25, -0.2) is 9.89 Å². The Kier molecular flexibility index (Phi) is 2.69. The minimum Gasteiger partial charge on any atom is -0.354 e. The molecule has 0 unspecified atom stereocenters. The van der Waals surface area contributed by atoms with Crippen molar-refractivity contribution >= 4 is 10.9 Å². The molecule has 0 radical (unpaired) electrons. The lowest BCUT2D eigenvalue weighted by Crippen LogP contribution is -2.13. The van der Waals surface area contributed by atoms with E-state index in [1.807, 2.05) is 36.5 Å². The molecule has 0 amide bonds. The van der Waals surface area contributed by atoms with Crippen molar-refractivity contribution in [3.63, 3.8) is 0 Å². The summed E-state index contributed by atoms with van der Waals surface area (Å²) in [7, 11) is 1.70. The molecule has 0 fully saturated rings. The summed E-state index contributed by atoms with van der Waals surface area (Å²) in [5, 5.41) is 7.58. The molecule has 0 saturated heterocycles. The van der Waals surface area contributed by atoms with Crippen LogP contribution in [-0.2, 0) is 7.05 Å². The summed E-state index contributed by atoms with van der Waals surface area (Å²) in [6.07, 6.45) is 3.57. The Bertz CT molecular complexity index is 1010. The SMILES string of the molecule is Cn1c(-c2ccc3[nH]c(-c4cccnc4)cc3c2)n[nH]c1=O. The van der Waals surface area contributed by atoms with Gasteiger partial charge >= 0.3 is 5.69 Å². The first kappa shape index (κ1) is 12.6. The molecule has 6 nitrogen and oxygen atoms in total. The monoisotopic (exact) mass is 291 g/mol. The van der Waals surface area contributed by atoms with E-state index in [0.29, 0.717) is 5.82 Å². The van der Waals surface area contributed by atoms with Crippen LogP contribution in [0.15, 0.2) is 53.6 Å². The molecule has 4 rings (SSSR count). The molecular formula is C16H13N5O. The number of hydrogen-bond acceptors (Lipinski definition) is 3. The van der Waals surface area contributed by atoms with Gasteiger partial charge in [0.2, 0.25) is 0 Å². The third-order valence-electron chi connectivity index (χ3n) is 3.73. The van der Waals surface area contributed by atoms with Gasteiger partial charge in [0, 0.05) is 47.2 Å². The van der Waals surface area contributed by atoms with E-state index in [2.05, 4.69) is 26.2 Å². The zero-order valence-corrected chi connectivity index (χ0v) is 11.9. The second-order valence-corrected chi connectivity index (χ2v) is 5.14. The van der Waals surface area contributed by atoms with E-state index in [-0.39, 0.29) is 5.69 Å². The minimum atomic E-state index is -0.222. The maximum Gasteiger partial charge on any atom is 0.343 e. The normalized spacial score (nSPS) is 11.1. The second-order valence-electron chi connectivity index (χ2n) is 5.14. The quantitative estimate of drug-likeness (QED) is 0.595. The third kappa shape index (κ3) is 1.93. The van der Waals surface area contributed by atoms with Crippen molar-refractivity contribution in [2.45, 2.75) is 0 Å². The van der Waals surface area contributed by atoms with Gasteiger partial charge in [0.05, 0.1) is 0 Å². The average molecular weight is 291 g/mol. The third-order valence-corrected chi connectivity index (χ3v) is 3.73. The molecule has 6 heteroatoms. The Hall–Kier alpha value is -3.15. The van der Waals surface area contributed by atoms with E-state index in [9.17, 15) is 4.79 Å². The highest BCUT2D eigenvalue weighted by Gasteiger charge is 2.09. The summed E-state index contributed by atoms with van der Waals surface area (Å²) in [6.45, 7) is 0. The Morgan fingerprint density at radius 2 is 2.05 bits per heavy atom. The predicted molar refractivity (Wildman–Crippen MR) is 84.4 cm³/mol. The van der Waals surface area contributed by atoms with E-state index in [4.69, 9.17) is 0 Å². The molecule has 0 bridgehead atoms. The molecule has 2 N–H and O–H groups in total. The number of benzene rings is 1. The first-order valence-electron chi connectivity index (χ1n) is 6.87. The van der Waals surface area contributed by atoms with Crippen molar-refractivity contribution < 1.29 is 0 Å². The number of nitrogens with one attached hydrogen (secondary N) is 2. The van der Waals surface area contributed by atoms with Crippen molar-refractivity contribution in [2.24, 2.45) is 7.05 Å². The van der Waals surface area contributed by atoms with E-state index in [0.717, 1.165) is 27.7 Å². The van der Waals surface area contributed by atoms with Crippen LogP contribution in [0, 0.1) is 0 Å². The van der Waals surface area contributed by atoms with Gasteiger partial charge in [-0.2, -0.15) is 5.10 Å². The van der Waals surface area contributed by atoms with E-state index >= 15 is 0 Å². The molecule has 3 aromatic heterocycles. The molecule has 22 heavy (non-hydrogen) atoms. The highest BCUT2D eigenvalue weighted by atomic mass is 16.1. The molecule has 3 heterocycles. The van der Waals surface area contributed by atoms with Crippen molar-refractivity contribution in [2.75, 3.05) is 0 Å². The first-order valence-corrected chi connectivity index (χ1v) is 6.87. The van der Waals surface area contributed by atoms with Gasteiger partial charge in [0.25, 0.3) is 0 Å². The summed E-state index contributed by atoms with van der Waals surface area (Å²) in [5.74, 6) is 0.621. The highest BCUT2D eigenvalue weighted by Crippen LogP contribution is 2.26. The number of H-pyrrole nitrogens is 2. The highest BCUT2D eigenvalue weighted by molar-refractivity contribution is 5.88. The summed E-state index contributed by atoms with van der Waals surface area (Å²) >= 11 is 0. The molecule has 0 atom stereocenters. The van der Waals surface area contributed by atoms with Crippen LogP contribution in [0.25, 0.3) is 33.5 Å². The van der Waals surface area contributed by atoms with Crippen LogP contribution in [0.2, 0.25) is 0 Å². The minimum absolute atomic E-state index is 0.222. The van der Waals surface area contributed by atoms with E-state index < -0.39 is 0 Å². The summed E-state index contributed by atoms with van der Waals surface area (Å²) in [5.41, 5.74) is 3.75. The molecule has 0 saturated carbocycles. The van der Waals surface area contributed by atoms with Crippen molar-refractivity contribution in [1.29, 1.82) is 0 Å². The predicted octanol–water partition coefficient (Wildman–Crippen LogP) is 2.32. The fraction of sp³-hybridized carbons (Fsp3) is 0.0625. The zero-order chi connectivity index (χ0) is 15.1.